The van der Waals surface area contributed by atoms with Crippen LogP contribution < -0.4 is 15.0 Å². The second kappa shape index (κ2) is 8.78. The molecule has 0 atom stereocenters. The number of nitrogens with one attached hydrogen (secondary N) is 1. The molecule has 0 saturated carbocycles. The molecule has 0 unspecified atom stereocenters. The third kappa shape index (κ3) is 4.54. The molecule has 4 aromatic rings. The number of amides is 1. The number of hydrogen-bond donors (Lipinski definition) is 1. The second-order valence-electron chi connectivity index (χ2n) is 7.70. The lowest BCUT2D eigenvalue weighted by molar-refractivity contribution is -0.125. The fourth-order valence-electron chi connectivity index (χ4n) is 3.57. The molecule has 0 bridgehead atoms. The Morgan fingerprint density at radius 1 is 0.968 bits per heavy atom. The number of carbonyl (C=O) groups excluding carboxylic acids is 1. The summed E-state index contributed by atoms with van der Waals surface area (Å²) in [4.78, 5) is 19.3. The molecule has 1 saturated heterocycles. The Morgan fingerprint density at radius 2 is 1.71 bits per heavy atom. The first kappa shape index (κ1) is 19.6. The van der Waals surface area contributed by atoms with Crippen LogP contribution in [0.25, 0.3) is 10.2 Å². The molecule has 3 aromatic carbocycles. The molecule has 1 fully saturated rings. The van der Waals surface area contributed by atoms with Crippen LogP contribution in [0.3, 0.4) is 0 Å². The van der Waals surface area contributed by atoms with Crippen LogP contribution in [0, 0.1) is 5.92 Å². The number of benzene rings is 3. The summed E-state index contributed by atoms with van der Waals surface area (Å²) >= 11 is 1.68. The van der Waals surface area contributed by atoms with Gasteiger partial charge in [0.05, 0.1) is 16.1 Å². The first-order valence-corrected chi connectivity index (χ1v) is 11.2. The van der Waals surface area contributed by atoms with Crippen molar-refractivity contribution in [2.24, 2.45) is 5.92 Å². The molecule has 0 radical (unpaired) electrons. The number of carbonyl (C=O) groups is 1. The molecule has 1 aliphatic heterocycles. The molecule has 0 spiro atoms. The van der Waals surface area contributed by atoms with E-state index in [-0.39, 0.29) is 11.8 Å². The summed E-state index contributed by atoms with van der Waals surface area (Å²) in [6.07, 6.45) is 0. The monoisotopic (exact) mass is 429 g/mol. The van der Waals surface area contributed by atoms with Crippen molar-refractivity contribution in [1.29, 1.82) is 0 Å². The van der Waals surface area contributed by atoms with Gasteiger partial charge in [0.2, 0.25) is 5.91 Å². The molecule has 6 heteroatoms. The van der Waals surface area contributed by atoms with Gasteiger partial charge >= 0.3 is 0 Å². The zero-order chi connectivity index (χ0) is 21.0. The summed E-state index contributed by atoms with van der Waals surface area (Å²) in [5, 5.41) is 4.05. The summed E-state index contributed by atoms with van der Waals surface area (Å²) in [5.74, 6) is 0.937. The van der Waals surface area contributed by atoms with Crippen molar-refractivity contribution >= 4 is 32.6 Å². The SMILES string of the molecule is O=C(NCc1ccc(OCc2ccccc2)cc1)C1CN(c2nc3ccccc3s2)C1. The Hall–Kier alpha value is -3.38. The highest BCUT2D eigenvalue weighted by Gasteiger charge is 2.34. The van der Waals surface area contributed by atoms with E-state index in [0.717, 1.165) is 40.6 Å². The predicted molar refractivity (Wildman–Crippen MR) is 124 cm³/mol. The third-order valence-electron chi connectivity index (χ3n) is 5.44. The Labute approximate surface area is 185 Å². The topological polar surface area (TPSA) is 54.5 Å². The lowest BCUT2D eigenvalue weighted by Crippen LogP contribution is -2.53. The van der Waals surface area contributed by atoms with Gasteiger partial charge in [-0.25, -0.2) is 4.98 Å². The fourth-order valence-corrected chi connectivity index (χ4v) is 4.56. The van der Waals surface area contributed by atoms with E-state index in [4.69, 9.17) is 4.74 Å². The van der Waals surface area contributed by atoms with Crippen molar-refractivity contribution in [3.05, 3.63) is 90.0 Å². The van der Waals surface area contributed by atoms with Crippen LogP contribution in [0.4, 0.5) is 5.13 Å². The Balaban J connectivity index is 1.08. The fraction of sp³-hybridized carbons (Fsp3) is 0.200. The van der Waals surface area contributed by atoms with Gasteiger partial charge in [0.25, 0.3) is 0 Å². The molecule has 5 rings (SSSR count). The lowest BCUT2D eigenvalue weighted by atomic mass is 10.00. The molecule has 1 N–H and O–H groups in total. The zero-order valence-corrected chi connectivity index (χ0v) is 17.8. The van der Waals surface area contributed by atoms with Gasteiger partial charge in [-0.1, -0.05) is 65.9 Å². The highest BCUT2D eigenvalue weighted by molar-refractivity contribution is 7.22. The van der Waals surface area contributed by atoms with Crippen LogP contribution in [0.2, 0.25) is 0 Å². The minimum atomic E-state index is 0.0143. The van der Waals surface area contributed by atoms with Gasteiger partial charge in [0, 0.05) is 19.6 Å². The molecule has 1 aromatic heterocycles. The van der Waals surface area contributed by atoms with E-state index in [0.29, 0.717) is 13.2 Å². The first-order chi connectivity index (χ1) is 15.2. The van der Waals surface area contributed by atoms with E-state index in [1.54, 1.807) is 11.3 Å². The minimum Gasteiger partial charge on any atom is -0.489 e. The van der Waals surface area contributed by atoms with Gasteiger partial charge < -0.3 is 15.0 Å². The predicted octanol–water partition coefficient (Wildman–Crippen LogP) is 4.63. The maximum atomic E-state index is 12.5. The second-order valence-corrected chi connectivity index (χ2v) is 8.71. The third-order valence-corrected chi connectivity index (χ3v) is 6.54. The van der Waals surface area contributed by atoms with E-state index in [1.165, 1.54) is 4.70 Å². The molecule has 2 heterocycles. The number of para-hydroxylation sites is 1. The van der Waals surface area contributed by atoms with Crippen molar-refractivity contribution in [1.82, 2.24) is 10.3 Å². The lowest BCUT2D eigenvalue weighted by Gasteiger charge is -2.37. The Morgan fingerprint density at radius 3 is 2.48 bits per heavy atom. The number of nitrogens with zero attached hydrogens (tertiary/aromatic N) is 2. The Kier molecular flexibility index (Phi) is 5.54. The maximum Gasteiger partial charge on any atom is 0.226 e. The van der Waals surface area contributed by atoms with E-state index >= 15 is 0 Å². The summed E-state index contributed by atoms with van der Waals surface area (Å²) in [6.45, 7) is 2.51. The van der Waals surface area contributed by atoms with Gasteiger partial charge in [-0.2, -0.15) is 0 Å². The van der Waals surface area contributed by atoms with E-state index in [1.807, 2.05) is 72.8 Å². The molecule has 0 aliphatic carbocycles. The van der Waals surface area contributed by atoms with E-state index in [2.05, 4.69) is 21.3 Å². The number of hydrogen-bond acceptors (Lipinski definition) is 5. The van der Waals surface area contributed by atoms with Crippen molar-refractivity contribution in [2.45, 2.75) is 13.2 Å². The number of ether oxygens (including phenoxy) is 1. The molecular formula is C25H23N3O2S. The van der Waals surface area contributed by atoms with Crippen LogP contribution in [-0.4, -0.2) is 24.0 Å². The number of aromatic nitrogens is 1. The summed E-state index contributed by atoms with van der Waals surface area (Å²) in [7, 11) is 0. The van der Waals surface area contributed by atoms with Crippen LogP contribution >= 0.6 is 11.3 Å². The average molecular weight is 430 g/mol. The highest BCUT2D eigenvalue weighted by Crippen LogP contribution is 2.32. The number of anilines is 1. The van der Waals surface area contributed by atoms with Gasteiger partial charge in [-0.05, 0) is 35.4 Å². The van der Waals surface area contributed by atoms with Crippen molar-refractivity contribution < 1.29 is 9.53 Å². The molecule has 5 nitrogen and oxygen atoms in total. The Bertz CT molecular complexity index is 1140. The van der Waals surface area contributed by atoms with Crippen LogP contribution in [0.5, 0.6) is 5.75 Å². The number of thiazole rings is 1. The number of rotatable bonds is 7. The first-order valence-electron chi connectivity index (χ1n) is 10.4. The molecule has 156 valence electrons. The van der Waals surface area contributed by atoms with Gasteiger partial charge in [-0.15, -0.1) is 0 Å². The quantitative estimate of drug-likeness (QED) is 0.465. The highest BCUT2D eigenvalue weighted by atomic mass is 32.1. The number of fused-ring (bicyclic) bond motifs is 1. The molecular weight excluding hydrogens is 406 g/mol. The minimum absolute atomic E-state index is 0.0143. The van der Waals surface area contributed by atoms with Crippen molar-refractivity contribution in [3.63, 3.8) is 0 Å². The summed E-state index contributed by atoms with van der Waals surface area (Å²) in [5.41, 5.74) is 3.22. The molecule has 1 aliphatic rings. The average Bonchev–Trinajstić information content (AvgIpc) is 3.20. The maximum absolute atomic E-state index is 12.5. The van der Waals surface area contributed by atoms with Crippen LogP contribution in [0.15, 0.2) is 78.9 Å². The molecule has 1 amide bonds. The normalized spacial score (nSPS) is 13.7. The van der Waals surface area contributed by atoms with Crippen LogP contribution in [-0.2, 0) is 17.9 Å². The molecule has 31 heavy (non-hydrogen) atoms. The van der Waals surface area contributed by atoms with E-state index in [9.17, 15) is 4.79 Å². The van der Waals surface area contributed by atoms with Crippen molar-refractivity contribution in [2.75, 3.05) is 18.0 Å². The smallest absolute Gasteiger partial charge is 0.226 e. The van der Waals surface area contributed by atoms with Gasteiger partial charge in [-0.3, -0.25) is 4.79 Å². The summed E-state index contributed by atoms with van der Waals surface area (Å²) in [6, 6.07) is 26.1. The summed E-state index contributed by atoms with van der Waals surface area (Å²) < 4.78 is 7.00. The largest absolute Gasteiger partial charge is 0.489 e. The van der Waals surface area contributed by atoms with Gasteiger partial charge in [0.1, 0.15) is 12.4 Å². The standard InChI is InChI=1S/C25H23N3O2S/c29-24(20-15-28(16-20)25-27-22-8-4-5-9-23(22)31-25)26-14-18-10-12-21(13-11-18)30-17-19-6-2-1-3-7-19/h1-13,20H,14-17H2,(H,26,29). The zero-order valence-electron chi connectivity index (χ0n) is 17.0. The van der Waals surface area contributed by atoms with Gasteiger partial charge in [0.15, 0.2) is 5.13 Å². The van der Waals surface area contributed by atoms with Crippen molar-refractivity contribution in [3.8, 4) is 5.75 Å². The van der Waals surface area contributed by atoms with Crippen LogP contribution in [0.1, 0.15) is 11.1 Å². The van der Waals surface area contributed by atoms with E-state index < -0.39 is 0 Å².